The Hall–Kier alpha value is -3.24. The number of aryl methyl sites for hydroxylation is 1. The lowest BCUT2D eigenvalue weighted by Crippen LogP contribution is -2.28. The van der Waals surface area contributed by atoms with Crippen molar-refractivity contribution in [3.8, 4) is 11.5 Å². The van der Waals surface area contributed by atoms with Crippen LogP contribution in [0.25, 0.3) is 11.5 Å². The predicted molar refractivity (Wildman–Crippen MR) is 107 cm³/mol. The summed E-state index contributed by atoms with van der Waals surface area (Å²) < 4.78 is 26.2. The maximum atomic E-state index is 13.6. The van der Waals surface area contributed by atoms with Crippen LogP contribution >= 0.6 is 0 Å². The van der Waals surface area contributed by atoms with E-state index in [-0.39, 0.29) is 47.8 Å². The van der Waals surface area contributed by atoms with E-state index < -0.39 is 11.9 Å². The van der Waals surface area contributed by atoms with Crippen molar-refractivity contribution in [1.29, 1.82) is 0 Å². The highest BCUT2D eigenvalue weighted by Gasteiger charge is 2.15. The Labute approximate surface area is 172 Å². The third kappa shape index (κ3) is 6.13. The van der Waals surface area contributed by atoms with Gasteiger partial charge in [0.15, 0.2) is 23.2 Å². The van der Waals surface area contributed by atoms with Gasteiger partial charge in [0.1, 0.15) is 17.2 Å². The maximum absolute atomic E-state index is 13.6. The highest BCUT2D eigenvalue weighted by atomic mass is 19.1. The van der Waals surface area contributed by atoms with Gasteiger partial charge in [-0.25, -0.2) is 18.7 Å². The van der Waals surface area contributed by atoms with E-state index in [9.17, 15) is 13.6 Å². The molecular formula is C20H23F2N5O3. The molecule has 2 heterocycles. The van der Waals surface area contributed by atoms with Gasteiger partial charge >= 0.3 is 0 Å². The molecule has 4 N–H and O–H groups in total. The highest BCUT2D eigenvalue weighted by Crippen LogP contribution is 2.18. The molecule has 3 rings (SSSR count). The zero-order valence-electron chi connectivity index (χ0n) is 16.6. The number of hydrogen-bond donors (Lipinski definition) is 4. The Balaban J connectivity index is 0.000000297. The van der Waals surface area contributed by atoms with Crippen molar-refractivity contribution < 1.29 is 23.8 Å². The minimum atomic E-state index is -0.741. The molecule has 0 aliphatic rings. The average Bonchev–Trinajstić information content (AvgIpc) is 3.25. The van der Waals surface area contributed by atoms with Crippen LogP contribution in [0.1, 0.15) is 29.9 Å². The van der Waals surface area contributed by atoms with Crippen LogP contribution < -0.4 is 5.32 Å². The van der Waals surface area contributed by atoms with E-state index in [1.807, 2.05) is 13.0 Å². The maximum Gasteiger partial charge on any atom is 0.183 e. The second kappa shape index (κ2) is 11.1. The minimum Gasteiger partial charge on any atom is -0.394 e. The fourth-order valence-electron chi connectivity index (χ4n) is 2.34. The molecule has 10 heteroatoms. The number of ketones is 1. The molecule has 0 atom stereocenters. The molecular weight excluding hydrogens is 396 g/mol. The SMILES string of the molecule is CC(=O)c1cc(-c2ncc(F)c(NC(CO)CO)n2)n[nH]1.CCc1ccccc1F. The fraction of sp³-hybridized carbons (Fsp3) is 0.300. The van der Waals surface area contributed by atoms with Crippen LogP contribution in [0.4, 0.5) is 14.6 Å². The second-order valence-electron chi connectivity index (χ2n) is 6.26. The number of nitrogens with one attached hydrogen (secondary N) is 2. The molecule has 0 fully saturated rings. The average molecular weight is 419 g/mol. The summed E-state index contributed by atoms with van der Waals surface area (Å²) in [5.41, 5.74) is 1.36. The van der Waals surface area contributed by atoms with Crippen LogP contribution in [0.2, 0.25) is 0 Å². The Morgan fingerprint density at radius 1 is 1.20 bits per heavy atom. The van der Waals surface area contributed by atoms with Crippen molar-refractivity contribution in [3.63, 3.8) is 0 Å². The Morgan fingerprint density at radius 3 is 2.43 bits per heavy atom. The number of aromatic nitrogens is 4. The van der Waals surface area contributed by atoms with Gasteiger partial charge in [-0.15, -0.1) is 0 Å². The lowest BCUT2D eigenvalue weighted by molar-refractivity contribution is 0.101. The first-order chi connectivity index (χ1) is 14.4. The number of nitrogens with zero attached hydrogens (tertiary/aromatic N) is 3. The van der Waals surface area contributed by atoms with Crippen molar-refractivity contribution in [1.82, 2.24) is 20.2 Å². The number of carbonyl (C=O) groups excluding carboxylic acids is 1. The van der Waals surface area contributed by atoms with Gasteiger partial charge in [0.05, 0.1) is 25.5 Å². The van der Waals surface area contributed by atoms with Crippen LogP contribution in [0.5, 0.6) is 0 Å². The van der Waals surface area contributed by atoms with Gasteiger partial charge in [0.2, 0.25) is 0 Å². The largest absolute Gasteiger partial charge is 0.394 e. The Bertz CT molecular complexity index is 977. The number of anilines is 1. The normalized spacial score (nSPS) is 10.5. The van der Waals surface area contributed by atoms with E-state index in [2.05, 4.69) is 25.5 Å². The summed E-state index contributed by atoms with van der Waals surface area (Å²) in [5.74, 6) is -1.08. The first-order valence-corrected chi connectivity index (χ1v) is 9.20. The molecule has 30 heavy (non-hydrogen) atoms. The van der Waals surface area contributed by atoms with Gasteiger partial charge in [-0.3, -0.25) is 9.89 Å². The minimum absolute atomic E-state index is 0.0972. The summed E-state index contributed by atoms with van der Waals surface area (Å²) in [6.45, 7) is 2.56. The zero-order chi connectivity index (χ0) is 22.1. The third-order valence-electron chi connectivity index (χ3n) is 4.05. The number of H-pyrrole nitrogens is 1. The summed E-state index contributed by atoms with van der Waals surface area (Å²) in [6.07, 6.45) is 1.71. The number of rotatable bonds is 7. The van der Waals surface area contributed by atoms with Gasteiger partial charge in [0.25, 0.3) is 0 Å². The van der Waals surface area contributed by atoms with Gasteiger partial charge in [-0.2, -0.15) is 5.10 Å². The molecule has 0 aliphatic carbocycles. The molecule has 0 saturated heterocycles. The standard InChI is InChI=1S/C12H14FN5O3.C8H9F/c1-6(21)9-2-10(18-17-9)12-14-3-8(13)11(16-12)15-7(4-19)5-20;1-2-7-5-3-4-6-8(7)9/h2-3,7,19-20H,4-5H2,1H3,(H,17,18)(H,14,15,16);3-6H,2H2,1H3. The lowest BCUT2D eigenvalue weighted by Gasteiger charge is -2.14. The lowest BCUT2D eigenvalue weighted by atomic mass is 10.2. The molecule has 2 aromatic heterocycles. The predicted octanol–water partition coefficient (Wildman–Crippen LogP) is 2.36. The molecule has 0 spiro atoms. The van der Waals surface area contributed by atoms with Crippen LogP contribution in [-0.2, 0) is 6.42 Å². The van der Waals surface area contributed by atoms with Crippen LogP contribution in [-0.4, -0.2) is 55.4 Å². The first-order valence-electron chi connectivity index (χ1n) is 9.20. The number of hydrogen-bond acceptors (Lipinski definition) is 7. The van der Waals surface area contributed by atoms with Gasteiger partial charge in [-0.1, -0.05) is 25.1 Å². The molecule has 0 unspecified atom stereocenters. The highest BCUT2D eigenvalue weighted by molar-refractivity contribution is 5.92. The van der Waals surface area contributed by atoms with Crippen molar-refractivity contribution in [2.24, 2.45) is 0 Å². The summed E-state index contributed by atoms with van der Waals surface area (Å²) >= 11 is 0. The topological polar surface area (TPSA) is 124 Å². The Morgan fingerprint density at radius 2 is 1.90 bits per heavy atom. The number of aliphatic hydroxyl groups is 2. The molecule has 160 valence electrons. The van der Waals surface area contributed by atoms with E-state index in [1.54, 1.807) is 12.1 Å². The van der Waals surface area contributed by atoms with E-state index in [0.717, 1.165) is 18.2 Å². The number of carbonyl (C=O) groups is 1. The van der Waals surface area contributed by atoms with Crippen molar-refractivity contribution in [2.45, 2.75) is 26.3 Å². The van der Waals surface area contributed by atoms with Crippen LogP contribution in [0.3, 0.4) is 0 Å². The zero-order valence-corrected chi connectivity index (χ0v) is 16.6. The van der Waals surface area contributed by atoms with E-state index in [4.69, 9.17) is 10.2 Å². The van der Waals surface area contributed by atoms with Gasteiger partial charge < -0.3 is 15.5 Å². The number of benzene rings is 1. The summed E-state index contributed by atoms with van der Waals surface area (Å²) in [6, 6.07) is 7.55. The van der Waals surface area contributed by atoms with Gasteiger partial charge in [-0.05, 0) is 24.1 Å². The van der Waals surface area contributed by atoms with Crippen molar-refractivity contribution in [2.75, 3.05) is 18.5 Å². The summed E-state index contributed by atoms with van der Waals surface area (Å²) in [4.78, 5) is 18.9. The van der Waals surface area contributed by atoms with Crippen molar-refractivity contribution in [3.05, 3.63) is 59.4 Å². The molecule has 0 aliphatic heterocycles. The molecule has 8 nitrogen and oxygen atoms in total. The number of Topliss-reactive ketones (excluding diaryl/α,β-unsaturated/α-hetero) is 1. The number of halogens is 2. The summed E-state index contributed by atoms with van der Waals surface area (Å²) in [7, 11) is 0. The van der Waals surface area contributed by atoms with E-state index in [0.29, 0.717) is 0 Å². The first kappa shape index (κ1) is 23.0. The molecule has 0 saturated carbocycles. The molecule has 1 aromatic carbocycles. The number of aromatic amines is 1. The van der Waals surface area contributed by atoms with Gasteiger partial charge in [0, 0.05) is 6.92 Å². The second-order valence-corrected chi connectivity index (χ2v) is 6.26. The molecule has 3 aromatic rings. The molecule has 0 bridgehead atoms. The smallest absolute Gasteiger partial charge is 0.183 e. The van der Waals surface area contributed by atoms with Crippen molar-refractivity contribution >= 4 is 11.6 Å². The van der Waals surface area contributed by atoms with Crippen LogP contribution in [0.15, 0.2) is 36.5 Å². The summed E-state index contributed by atoms with van der Waals surface area (Å²) in [5, 5.41) is 26.9. The fourth-order valence-corrected chi connectivity index (χ4v) is 2.34. The number of aliphatic hydroxyl groups excluding tert-OH is 2. The Kier molecular flexibility index (Phi) is 8.51. The molecule has 0 radical (unpaired) electrons. The molecule has 0 amide bonds. The van der Waals surface area contributed by atoms with E-state index >= 15 is 0 Å². The van der Waals surface area contributed by atoms with Crippen LogP contribution in [0, 0.1) is 11.6 Å². The third-order valence-corrected chi connectivity index (χ3v) is 4.05. The monoisotopic (exact) mass is 419 g/mol. The van der Waals surface area contributed by atoms with E-state index in [1.165, 1.54) is 19.1 Å². The quantitative estimate of drug-likeness (QED) is 0.434.